The quantitative estimate of drug-likeness (QED) is 0.751. The van der Waals surface area contributed by atoms with Gasteiger partial charge in [-0.1, -0.05) is 0 Å². The molecule has 4 heteroatoms. The molecule has 1 aromatic heterocycles. The number of rotatable bonds is 2. The molecule has 2 heterocycles. The van der Waals surface area contributed by atoms with Gasteiger partial charge in [-0.2, -0.15) is 11.3 Å². The van der Waals surface area contributed by atoms with Gasteiger partial charge in [0.15, 0.2) is 0 Å². The zero-order valence-corrected chi connectivity index (χ0v) is 8.06. The van der Waals surface area contributed by atoms with Crippen molar-refractivity contribution in [1.82, 2.24) is 5.32 Å². The summed E-state index contributed by atoms with van der Waals surface area (Å²) in [5, 5.41) is 9.93. The molecule has 2 rings (SSSR count). The fourth-order valence-corrected chi connectivity index (χ4v) is 2.06. The standard InChI is InChI=1S/C9H12N2OS/c12-9(8-2-1-4-10-8)11-7-3-5-13-6-7/h3,5-6,8,10H,1-2,4H2,(H,11,12)/t8-/m0/s1. The van der Waals surface area contributed by atoms with Crippen LogP contribution in [0.25, 0.3) is 0 Å². The van der Waals surface area contributed by atoms with Crippen LogP contribution in [0, 0.1) is 0 Å². The highest BCUT2D eigenvalue weighted by atomic mass is 32.1. The van der Waals surface area contributed by atoms with E-state index in [0.29, 0.717) is 0 Å². The highest BCUT2D eigenvalue weighted by Gasteiger charge is 2.21. The zero-order valence-electron chi connectivity index (χ0n) is 7.25. The summed E-state index contributed by atoms with van der Waals surface area (Å²) in [5.41, 5.74) is 0.906. The monoisotopic (exact) mass is 196 g/mol. The summed E-state index contributed by atoms with van der Waals surface area (Å²) in [4.78, 5) is 11.5. The molecule has 1 amide bonds. The average Bonchev–Trinajstić information content (AvgIpc) is 2.74. The molecular formula is C9H12N2OS. The predicted octanol–water partition coefficient (Wildman–Crippen LogP) is 1.44. The summed E-state index contributed by atoms with van der Waals surface area (Å²) in [5.74, 6) is 0.0934. The Hall–Kier alpha value is -0.870. The second kappa shape index (κ2) is 3.89. The molecule has 0 radical (unpaired) electrons. The van der Waals surface area contributed by atoms with Crippen molar-refractivity contribution >= 4 is 22.9 Å². The van der Waals surface area contributed by atoms with Gasteiger partial charge in [-0.25, -0.2) is 0 Å². The first-order valence-electron chi connectivity index (χ1n) is 4.43. The minimum atomic E-state index is 0.0138. The Bertz CT molecular complexity index is 278. The average molecular weight is 196 g/mol. The molecule has 1 aliphatic rings. The van der Waals surface area contributed by atoms with Crippen molar-refractivity contribution in [2.24, 2.45) is 0 Å². The number of anilines is 1. The first kappa shape index (κ1) is 8.72. The Labute approximate surface area is 81.2 Å². The summed E-state index contributed by atoms with van der Waals surface area (Å²) < 4.78 is 0. The summed E-state index contributed by atoms with van der Waals surface area (Å²) in [6.45, 7) is 0.960. The van der Waals surface area contributed by atoms with Crippen molar-refractivity contribution in [3.05, 3.63) is 16.8 Å². The second-order valence-electron chi connectivity index (χ2n) is 3.15. The molecule has 1 saturated heterocycles. The van der Waals surface area contributed by atoms with Crippen molar-refractivity contribution in [1.29, 1.82) is 0 Å². The number of hydrogen-bond acceptors (Lipinski definition) is 3. The minimum Gasteiger partial charge on any atom is -0.324 e. The fraction of sp³-hybridized carbons (Fsp3) is 0.444. The van der Waals surface area contributed by atoms with E-state index >= 15 is 0 Å². The van der Waals surface area contributed by atoms with E-state index in [0.717, 1.165) is 25.1 Å². The molecule has 70 valence electrons. The van der Waals surface area contributed by atoms with Crippen LogP contribution in [0.1, 0.15) is 12.8 Å². The van der Waals surface area contributed by atoms with Crippen molar-refractivity contribution < 1.29 is 4.79 Å². The maximum atomic E-state index is 11.5. The van der Waals surface area contributed by atoms with Crippen LogP contribution < -0.4 is 10.6 Å². The lowest BCUT2D eigenvalue weighted by atomic mass is 10.2. The molecule has 13 heavy (non-hydrogen) atoms. The van der Waals surface area contributed by atoms with Gasteiger partial charge in [-0.15, -0.1) is 0 Å². The van der Waals surface area contributed by atoms with Crippen LogP contribution in [-0.2, 0) is 4.79 Å². The third kappa shape index (κ3) is 2.08. The molecule has 0 aliphatic carbocycles. The molecule has 0 unspecified atom stereocenters. The van der Waals surface area contributed by atoms with Gasteiger partial charge in [-0.05, 0) is 30.8 Å². The van der Waals surface area contributed by atoms with Crippen LogP contribution in [0.2, 0.25) is 0 Å². The van der Waals surface area contributed by atoms with Crippen molar-refractivity contribution in [2.75, 3.05) is 11.9 Å². The molecule has 1 fully saturated rings. The zero-order chi connectivity index (χ0) is 9.10. The molecule has 3 nitrogen and oxygen atoms in total. The van der Waals surface area contributed by atoms with Crippen LogP contribution in [0.5, 0.6) is 0 Å². The molecule has 1 aromatic rings. The highest BCUT2D eigenvalue weighted by molar-refractivity contribution is 7.08. The van der Waals surface area contributed by atoms with Gasteiger partial charge < -0.3 is 10.6 Å². The fourth-order valence-electron chi connectivity index (χ4n) is 1.47. The molecule has 0 spiro atoms. The van der Waals surface area contributed by atoms with Crippen LogP contribution >= 0.6 is 11.3 Å². The van der Waals surface area contributed by atoms with Crippen LogP contribution in [0.4, 0.5) is 5.69 Å². The number of thiophene rings is 1. The Morgan fingerprint density at radius 3 is 3.23 bits per heavy atom. The van der Waals surface area contributed by atoms with Crippen LogP contribution in [-0.4, -0.2) is 18.5 Å². The van der Waals surface area contributed by atoms with Crippen LogP contribution in [0.3, 0.4) is 0 Å². The van der Waals surface area contributed by atoms with Gasteiger partial charge in [0.25, 0.3) is 0 Å². The Kier molecular flexibility index (Phi) is 2.61. The maximum Gasteiger partial charge on any atom is 0.241 e. The largest absolute Gasteiger partial charge is 0.324 e. The number of amides is 1. The number of carbonyl (C=O) groups is 1. The van der Waals surface area contributed by atoms with Crippen molar-refractivity contribution in [3.8, 4) is 0 Å². The van der Waals surface area contributed by atoms with E-state index in [1.165, 1.54) is 0 Å². The van der Waals surface area contributed by atoms with E-state index in [9.17, 15) is 4.79 Å². The summed E-state index contributed by atoms with van der Waals surface area (Å²) in [6, 6.07) is 1.93. The minimum absolute atomic E-state index is 0.0138. The lowest BCUT2D eigenvalue weighted by molar-refractivity contribution is -0.117. The molecule has 0 saturated carbocycles. The summed E-state index contributed by atoms with van der Waals surface area (Å²) >= 11 is 1.59. The highest BCUT2D eigenvalue weighted by Crippen LogP contribution is 2.13. The summed E-state index contributed by atoms with van der Waals surface area (Å²) in [6.07, 6.45) is 2.05. The van der Waals surface area contributed by atoms with Gasteiger partial charge in [0, 0.05) is 5.38 Å². The van der Waals surface area contributed by atoms with Gasteiger partial charge in [0.2, 0.25) is 5.91 Å². The normalized spacial score (nSPS) is 21.7. The molecule has 0 bridgehead atoms. The Morgan fingerprint density at radius 1 is 1.69 bits per heavy atom. The van der Waals surface area contributed by atoms with Gasteiger partial charge >= 0.3 is 0 Å². The number of nitrogens with one attached hydrogen (secondary N) is 2. The predicted molar refractivity (Wildman–Crippen MR) is 54.0 cm³/mol. The van der Waals surface area contributed by atoms with E-state index in [2.05, 4.69) is 10.6 Å². The third-order valence-electron chi connectivity index (χ3n) is 2.17. The second-order valence-corrected chi connectivity index (χ2v) is 3.93. The van der Waals surface area contributed by atoms with Crippen molar-refractivity contribution in [3.63, 3.8) is 0 Å². The van der Waals surface area contributed by atoms with Gasteiger partial charge in [-0.3, -0.25) is 4.79 Å². The number of carbonyl (C=O) groups excluding carboxylic acids is 1. The first-order chi connectivity index (χ1) is 6.36. The third-order valence-corrected chi connectivity index (χ3v) is 2.85. The first-order valence-corrected chi connectivity index (χ1v) is 5.37. The van der Waals surface area contributed by atoms with E-state index in [1.807, 2.05) is 16.8 Å². The smallest absolute Gasteiger partial charge is 0.241 e. The maximum absolute atomic E-state index is 11.5. The van der Waals surface area contributed by atoms with Gasteiger partial charge in [0.1, 0.15) is 0 Å². The van der Waals surface area contributed by atoms with E-state index in [4.69, 9.17) is 0 Å². The summed E-state index contributed by atoms with van der Waals surface area (Å²) in [7, 11) is 0. The van der Waals surface area contributed by atoms with E-state index < -0.39 is 0 Å². The molecular weight excluding hydrogens is 184 g/mol. The topological polar surface area (TPSA) is 41.1 Å². The molecule has 0 aromatic carbocycles. The Balaban J connectivity index is 1.91. The van der Waals surface area contributed by atoms with E-state index in [-0.39, 0.29) is 11.9 Å². The molecule has 2 N–H and O–H groups in total. The number of hydrogen-bond donors (Lipinski definition) is 2. The SMILES string of the molecule is O=C(Nc1ccsc1)[C@@H]1CCCN1. The lowest BCUT2D eigenvalue weighted by Gasteiger charge is -2.09. The van der Waals surface area contributed by atoms with Crippen molar-refractivity contribution in [2.45, 2.75) is 18.9 Å². The molecule has 1 atom stereocenters. The van der Waals surface area contributed by atoms with Crippen LogP contribution in [0.15, 0.2) is 16.8 Å². The van der Waals surface area contributed by atoms with E-state index in [1.54, 1.807) is 11.3 Å². The van der Waals surface area contributed by atoms with Gasteiger partial charge in [0.05, 0.1) is 11.7 Å². The molecule has 1 aliphatic heterocycles. The Morgan fingerprint density at radius 2 is 2.62 bits per heavy atom. The lowest BCUT2D eigenvalue weighted by Crippen LogP contribution is -2.35.